The van der Waals surface area contributed by atoms with Gasteiger partial charge in [0.2, 0.25) is 10.0 Å². The van der Waals surface area contributed by atoms with Gasteiger partial charge in [0.25, 0.3) is 0 Å². The SMILES string of the molecule is CCCCCCCC(C#N)S(=O)(=O)NCCCCCCCCCCC#N. The topological polar surface area (TPSA) is 93.8 Å². The Labute approximate surface area is 161 Å². The fourth-order valence-corrected chi connectivity index (χ4v) is 4.17. The monoisotopic (exact) mass is 383 g/mol. The lowest BCUT2D eigenvalue weighted by Gasteiger charge is -2.12. The average Bonchev–Trinajstić information content (AvgIpc) is 2.62. The Kier molecular flexibility index (Phi) is 16.6. The van der Waals surface area contributed by atoms with Gasteiger partial charge in [-0.2, -0.15) is 10.5 Å². The van der Waals surface area contributed by atoms with Gasteiger partial charge in [-0.15, -0.1) is 0 Å². The molecule has 0 bridgehead atoms. The highest BCUT2D eigenvalue weighted by Crippen LogP contribution is 2.13. The molecule has 0 saturated carbocycles. The van der Waals surface area contributed by atoms with Crippen LogP contribution in [0.5, 0.6) is 0 Å². The molecule has 26 heavy (non-hydrogen) atoms. The van der Waals surface area contributed by atoms with Crippen LogP contribution >= 0.6 is 0 Å². The van der Waals surface area contributed by atoms with Crippen LogP contribution in [0.15, 0.2) is 0 Å². The Bertz CT molecular complexity index is 506. The van der Waals surface area contributed by atoms with Crippen molar-refractivity contribution < 1.29 is 8.42 Å². The summed E-state index contributed by atoms with van der Waals surface area (Å²) in [7, 11) is -3.51. The Balaban J connectivity index is 3.72. The van der Waals surface area contributed by atoms with E-state index in [1.807, 2.05) is 6.07 Å². The minimum atomic E-state index is -3.51. The Morgan fingerprint density at radius 1 is 0.808 bits per heavy atom. The molecule has 0 aliphatic carbocycles. The van der Waals surface area contributed by atoms with Gasteiger partial charge in [0.15, 0.2) is 5.25 Å². The van der Waals surface area contributed by atoms with Gasteiger partial charge >= 0.3 is 0 Å². The number of hydrogen-bond acceptors (Lipinski definition) is 4. The van der Waals surface area contributed by atoms with Gasteiger partial charge in [-0.05, 0) is 19.3 Å². The molecule has 0 heterocycles. The summed E-state index contributed by atoms with van der Waals surface area (Å²) in [6, 6.07) is 4.11. The molecular formula is C20H37N3O2S. The van der Waals surface area contributed by atoms with E-state index in [1.165, 1.54) is 19.3 Å². The summed E-state index contributed by atoms with van der Waals surface area (Å²) in [5, 5.41) is 16.7. The van der Waals surface area contributed by atoms with E-state index in [4.69, 9.17) is 10.5 Å². The largest absolute Gasteiger partial charge is 0.227 e. The summed E-state index contributed by atoms with van der Waals surface area (Å²) in [4.78, 5) is 0. The molecule has 0 aromatic carbocycles. The third kappa shape index (κ3) is 14.1. The summed E-state index contributed by atoms with van der Waals surface area (Å²) >= 11 is 0. The second kappa shape index (κ2) is 17.3. The molecular weight excluding hydrogens is 346 g/mol. The van der Waals surface area contributed by atoms with E-state index < -0.39 is 15.3 Å². The highest BCUT2D eigenvalue weighted by atomic mass is 32.2. The molecule has 0 aliphatic rings. The number of sulfonamides is 1. The normalized spacial score (nSPS) is 12.4. The van der Waals surface area contributed by atoms with Gasteiger partial charge in [-0.3, -0.25) is 0 Å². The molecule has 6 heteroatoms. The van der Waals surface area contributed by atoms with E-state index >= 15 is 0 Å². The smallest absolute Gasteiger partial charge is 0.214 e. The standard InChI is InChI=1S/C20H37N3O2S/c1-2-3-4-10-13-16-20(19-22)26(24,25)23-18-15-12-9-7-5-6-8-11-14-17-21/h20,23H,2-16,18H2,1H3. The van der Waals surface area contributed by atoms with Crippen molar-refractivity contribution in [3.63, 3.8) is 0 Å². The molecule has 0 aromatic rings. The van der Waals surface area contributed by atoms with Crippen LogP contribution in [0.1, 0.15) is 103 Å². The Morgan fingerprint density at radius 2 is 1.35 bits per heavy atom. The zero-order valence-corrected chi connectivity index (χ0v) is 17.3. The fourth-order valence-electron chi connectivity index (χ4n) is 2.93. The van der Waals surface area contributed by atoms with Crippen molar-refractivity contribution in [2.45, 2.75) is 108 Å². The molecule has 150 valence electrons. The van der Waals surface area contributed by atoms with Crippen LogP contribution < -0.4 is 4.72 Å². The molecule has 0 rings (SSSR count). The first kappa shape index (κ1) is 24.9. The van der Waals surface area contributed by atoms with Crippen LogP contribution in [-0.2, 0) is 10.0 Å². The first-order valence-corrected chi connectivity index (χ1v) is 11.9. The molecule has 1 N–H and O–H groups in total. The van der Waals surface area contributed by atoms with Crippen LogP contribution in [-0.4, -0.2) is 20.2 Å². The molecule has 0 amide bonds. The number of nitriles is 2. The Morgan fingerprint density at radius 3 is 1.92 bits per heavy atom. The van der Waals surface area contributed by atoms with Crippen molar-refractivity contribution in [2.24, 2.45) is 0 Å². The van der Waals surface area contributed by atoms with Gasteiger partial charge < -0.3 is 0 Å². The van der Waals surface area contributed by atoms with Crippen molar-refractivity contribution in [3.8, 4) is 12.1 Å². The van der Waals surface area contributed by atoms with E-state index in [2.05, 4.69) is 17.7 Å². The van der Waals surface area contributed by atoms with E-state index in [0.717, 1.165) is 64.2 Å². The molecule has 1 unspecified atom stereocenters. The van der Waals surface area contributed by atoms with Crippen LogP contribution in [0.3, 0.4) is 0 Å². The van der Waals surface area contributed by atoms with E-state index in [1.54, 1.807) is 0 Å². The van der Waals surface area contributed by atoms with Crippen molar-refractivity contribution in [1.82, 2.24) is 4.72 Å². The zero-order valence-electron chi connectivity index (χ0n) is 16.5. The lowest BCUT2D eigenvalue weighted by molar-refractivity contribution is 0.545. The van der Waals surface area contributed by atoms with Crippen molar-refractivity contribution in [2.75, 3.05) is 6.54 Å². The van der Waals surface area contributed by atoms with Crippen LogP contribution in [0.2, 0.25) is 0 Å². The number of rotatable bonds is 18. The minimum Gasteiger partial charge on any atom is -0.214 e. The maximum absolute atomic E-state index is 12.2. The van der Waals surface area contributed by atoms with Gasteiger partial charge in [0.1, 0.15) is 0 Å². The predicted molar refractivity (Wildman–Crippen MR) is 107 cm³/mol. The maximum Gasteiger partial charge on any atom is 0.227 e. The van der Waals surface area contributed by atoms with Crippen molar-refractivity contribution >= 4 is 10.0 Å². The van der Waals surface area contributed by atoms with Gasteiger partial charge in [0.05, 0.1) is 12.1 Å². The number of unbranched alkanes of at least 4 members (excludes halogenated alkanes) is 12. The average molecular weight is 384 g/mol. The molecule has 1 atom stereocenters. The third-order valence-electron chi connectivity index (χ3n) is 4.61. The number of nitrogens with zero attached hydrogens (tertiary/aromatic N) is 2. The predicted octanol–water partition coefficient (Wildman–Crippen LogP) is 5.19. The number of hydrogen-bond donors (Lipinski definition) is 1. The van der Waals surface area contributed by atoms with Crippen LogP contribution in [0, 0.1) is 22.7 Å². The summed E-state index contributed by atoms with van der Waals surface area (Å²) < 4.78 is 27.0. The van der Waals surface area contributed by atoms with Gasteiger partial charge in [-0.25, -0.2) is 13.1 Å². The highest BCUT2D eigenvalue weighted by molar-refractivity contribution is 7.90. The lowest BCUT2D eigenvalue weighted by atomic mass is 10.1. The van der Waals surface area contributed by atoms with Crippen LogP contribution in [0.25, 0.3) is 0 Å². The highest BCUT2D eigenvalue weighted by Gasteiger charge is 2.23. The molecule has 0 fully saturated rings. The molecule has 0 saturated heterocycles. The maximum atomic E-state index is 12.2. The molecule has 0 aliphatic heterocycles. The van der Waals surface area contributed by atoms with E-state index in [0.29, 0.717) is 19.4 Å². The summed E-state index contributed by atoms with van der Waals surface area (Å²) in [5.74, 6) is 0. The summed E-state index contributed by atoms with van der Waals surface area (Å²) in [6.45, 7) is 2.57. The first-order chi connectivity index (χ1) is 12.6. The van der Waals surface area contributed by atoms with Crippen molar-refractivity contribution in [3.05, 3.63) is 0 Å². The molecule has 0 aromatic heterocycles. The second-order valence-corrected chi connectivity index (χ2v) is 8.94. The lowest BCUT2D eigenvalue weighted by Crippen LogP contribution is -2.34. The molecule has 5 nitrogen and oxygen atoms in total. The summed E-state index contributed by atoms with van der Waals surface area (Å²) in [6.07, 6.45) is 14.9. The quantitative estimate of drug-likeness (QED) is 0.329. The molecule has 0 spiro atoms. The molecule has 0 radical (unpaired) electrons. The fraction of sp³-hybridized carbons (Fsp3) is 0.900. The second-order valence-electron chi connectivity index (χ2n) is 7.00. The van der Waals surface area contributed by atoms with Gasteiger partial charge in [0, 0.05) is 13.0 Å². The van der Waals surface area contributed by atoms with Crippen molar-refractivity contribution in [1.29, 1.82) is 10.5 Å². The third-order valence-corrected chi connectivity index (χ3v) is 6.30. The minimum absolute atomic E-state index is 0.429. The van der Waals surface area contributed by atoms with Crippen LogP contribution in [0.4, 0.5) is 0 Å². The first-order valence-electron chi connectivity index (χ1n) is 10.3. The van der Waals surface area contributed by atoms with E-state index in [9.17, 15) is 8.42 Å². The Hall–Kier alpha value is -1.11. The zero-order chi connectivity index (χ0) is 19.5. The number of nitrogens with one attached hydrogen (secondary N) is 1. The summed E-state index contributed by atoms with van der Waals surface area (Å²) in [5.41, 5.74) is 0. The van der Waals surface area contributed by atoms with E-state index in [-0.39, 0.29) is 0 Å². The van der Waals surface area contributed by atoms with Gasteiger partial charge in [-0.1, -0.05) is 77.6 Å².